The number of carbonyl (C=O) groups excluding carboxylic acids is 2. The van der Waals surface area contributed by atoms with Gasteiger partial charge in [0.2, 0.25) is 0 Å². The highest BCUT2D eigenvalue weighted by Gasteiger charge is 2.10. The van der Waals surface area contributed by atoms with Crippen molar-refractivity contribution in [2.45, 2.75) is 26.3 Å². The van der Waals surface area contributed by atoms with Gasteiger partial charge in [0.15, 0.2) is 0 Å². The second-order valence-corrected chi connectivity index (χ2v) is 4.74. The first-order chi connectivity index (χ1) is 9.58. The Morgan fingerprint density at radius 3 is 2.30 bits per heavy atom. The zero-order valence-electron chi connectivity index (χ0n) is 12.3. The molecule has 110 valence electrons. The van der Waals surface area contributed by atoms with Crippen molar-refractivity contribution < 1.29 is 9.59 Å². The normalized spacial score (nSPS) is 11.8. The van der Waals surface area contributed by atoms with Crippen LogP contribution in [0.15, 0.2) is 24.3 Å². The van der Waals surface area contributed by atoms with Crippen molar-refractivity contribution in [2.75, 3.05) is 20.1 Å². The Bertz CT molecular complexity index is 460. The maximum Gasteiger partial charge on any atom is 0.251 e. The van der Waals surface area contributed by atoms with Crippen molar-refractivity contribution in [1.29, 1.82) is 0 Å². The Kier molecular flexibility index (Phi) is 6.73. The number of hydrogen-bond donors (Lipinski definition) is 3. The highest BCUT2D eigenvalue weighted by Crippen LogP contribution is 2.05. The van der Waals surface area contributed by atoms with Crippen LogP contribution in [0.5, 0.6) is 0 Å². The first kappa shape index (κ1) is 16.2. The van der Waals surface area contributed by atoms with Crippen molar-refractivity contribution in [3.63, 3.8) is 0 Å². The molecule has 1 aromatic carbocycles. The highest BCUT2D eigenvalue weighted by atomic mass is 16.2. The van der Waals surface area contributed by atoms with Crippen LogP contribution in [0.1, 0.15) is 41.0 Å². The Balaban J connectivity index is 2.67. The summed E-state index contributed by atoms with van der Waals surface area (Å²) in [5.41, 5.74) is 1.00. The van der Waals surface area contributed by atoms with Crippen molar-refractivity contribution >= 4 is 11.8 Å². The highest BCUT2D eigenvalue weighted by molar-refractivity contribution is 5.99. The lowest BCUT2D eigenvalue weighted by molar-refractivity contribution is 0.0950. The van der Waals surface area contributed by atoms with Crippen LogP contribution in [0.25, 0.3) is 0 Å². The SMILES string of the molecule is CCCNC(=O)c1cccc(C(=O)NCC(C)NC)c1. The number of amides is 2. The molecule has 20 heavy (non-hydrogen) atoms. The molecule has 0 saturated carbocycles. The average Bonchev–Trinajstić information content (AvgIpc) is 2.49. The summed E-state index contributed by atoms with van der Waals surface area (Å²) in [5, 5.41) is 8.66. The van der Waals surface area contributed by atoms with E-state index in [-0.39, 0.29) is 17.9 Å². The van der Waals surface area contributed by atoms with E-state index in [0.717, 1.165) is 6.42 Å². The number of benzene rings is 1. The molecule has 1 unspecified atom stereocenters. The molecule has 0 fully saturated rings. The molecule has 0 bridgehead atoms. The van der Waals surface area contributed by atoms with Gasteiger partial charge in [0.05, 0.1) is 0 Å². The maximum atomic E-state index is 12.0. The molecular weight excluding hydrogens is 254 g/mol. The van der Waals surface area contributed by atoms with Crippen LogP contribution in [0, 0.1) is 0 Å². The molecule has 0 spiro atoms. The summed E-state index contributed by atoms with van der Waals surface area (Å²) >= 11 is 0. The number of likely N-dealkylation sites (N-methyl/N-ethyl adjacent to an activating group) is 1. The van der Waals surface area contributed by atoms with Crippen molar-refractivity contribution in [2.24, 2.45) is 0 Å². The molecule has 1 rings (SSSR count). The summed E-state index contributed by atoms with van der Waals surface area (Å²) in [7, 11) is 1.84. The first-order valence-corrected chi connectivity index (χ1v) is 6.92. The fourth-order valence-electron chi connectivity index (χ4n) is 1.59. The van der Waals surface area contributed by atoms with E-state index >= 15 is 0 Å². The largest absolute Gasteiger partial charge is 0.352 e. The van der Waals surface area contributed by atoms with Crippen molar-refractivity contribution in [3.8, 4) is 0 Å². The van der Waals surface area contributed by atoms with Crippen molar-refractivity contribution in [1.82, 2.24) is 16.0 Å². The van der Waals surface area contributed by atoms with Crippen LogP contribution in [0.2, 0.25) is 0 Å². The van der Waals surface area contributed by atoms with Crippen molar-refractivity contribution in [3.05, 3.63) is 35.4 Å². The molecule has 0 aliphatic carbocycles. The van der Waals surface area contributed by atoms with Crippen LogP contribution in [-0.4, -0.2) is 38.0 Å². The van der Waals surface area contributed by atoms with E-state index < -0.39 is 0 Å². The minimum Gasteiger partial charge on any atom is -0.352 e. The van der Waals surface area contributed by atoms with Gasteiger partial charge in [0.1, 0.15) is 0 Å². The summed E-state index contributed by atoms with van der Waals surface area (Å²) < 4.78 is 0. The third-order valence-electron chi connectivity index (χ3n) is 2.98. The minimum absolute atomic E-state index is 0.148. The molecule has 0 radical (unpaired) electrons. The number of carbonyl (C=O) groups is 2. The Labute approximate surface area is 120 Å². The molecule has 0 aromatic heterocycles. The molecule has 3 N–H and O–H groups in total. The van der Waals surface area contributed by atoms with Crippen LogP contribution in [0.4, 0.5) is 0 Å². The Hall–Kier alpha value is -1.88. The minimum atomic E-state index is -0.169. The summed E-state index contributed by atoms with van der Waals surface area (Å²) in [5.74, 6) is -0.317. The lowest BCUT2D eigenvalue weighted by Crippen LogP contribution is -2.37. The smallest absolute Gasteiger partial charge is 0.251 e. The van der Waals surface area contributed by atoms with Crippen LogP contribution in [0.3, 0.4) is 0 Å². The first-order valence-electron chi connectivity index (χ1n) is 6.92. The van der Waals surface area contributed by atoms with Gasteiger partial charge in [-0.15, -0.1) is 0 Å². The lowest BCUT2D eigenvalue weighted by Gasteiger charge is -2.12. The summed E-state index contributed by atoms with van der Waals surface area (Å²) in [4.78, 5) is 23.8. The van der Waals surface area contributed by atoms with E-state index in [0.29, 0.717) is 24.2 Å². The van der Waals surface area contributed by atoms with E-state index in [9.17, 15) is 9.59 Å². The van der Waals surface area contributed by atoms with Crippen LogP contribution >= 0.6 is 0 Å². The molecule has 0 heterocycles. The summed E-state index contributed by atoms with van der Waals surface area (Å²) in [6.45, 7) is 5.15. The van der Waals surface area contributed by atoms with E-state index in [4.69, 9.17) is 0 Å². The number of nitrogens with one attached hydrogen (secondary N) is 3. The van der Waals surface area contributed by atoms with E-state index in [1.807, 2.05) is 20.9 Å². The number of rotatable bonds is 7. The Morgan fingerprint density at radius 1 is 1.15 bits per heavy atom. The van der Waals surface area contributed by atoms with Gasteiger partial charge in [-0.05, 0) is 38.6 Å². The molecule has 5 nitrogen and oxygen atoms in total. The van der Waals surface area contributed by atoms with E-state index in [2.05, 4.69) is 16.0 Å². The number of hydrogen-bond acceptors (Lipinski definition) is 3. The van der Waals surface area contributed by atoms with Gasteiger partial charge in [-0.3, -0.25) is 9.59 Å². The maximum absolute atomic E-state index is 12.0. The van der Waals surface area contributed by atoms with E-state index in [1.165, 1.54) is 0 Å². The van der Waals surface area contributed by atoms with Gasteiger partial charge in [-0.2, -0.15) is 0 Å². The monoisotopic (exact) mass is 277 g/mol. The van der Waals surface area contributed by atoms with Gasteiger partial charge >= 0.3 is 0 Å². The van der Waals surface area contributed by atoms with E-state index in [1.54, 1.807) is 24.3 Å². The summed E-state index contributed by atoms with van der Waals surface area (Å²) in [6, 6.07) is 6.95. The fourth-order valence-corrected chi connectivity index (χ4v) is 1.59. The molecule has 2 amide bonds. The molecule has 0 saturated heterocycles. The predicted octanol–water partition coefficient (Wildman–Crippen LogP) is 1.16. The topological polar surface area (TPSA) is 70.2 Å². The second-order valence-electron chi connectivity index (χ2n) is 4.74. The average molecular weight is 277 g/mol. The quantitative estimate of drug-likeness (QED) is 0.700. The molecule has 0 aliphatic heterocycles. The lowest BCUT2D eigenvalue weighted by atomic mass is 10.1. The zero-order valence-corrected chi connectivity index (χ0v) is 12.3. The third kappa shape index (κ3) is 5.01. The van der Waals surface area contributed by atoms with Crippen LogP contribution in [-0.2, 0) is 0 Å². The molecule has 1 aromatic rings. The van der Waals surface area contributed by atoms with Gasteiger partial charge in [-0.25, -0.2) is 0 Å². The Morgan fingerprint density at radius 2 is 1.75 bits per heavy atom. The van der Waals surface area contributed by atoms with Gasteiger partial charge in [0.25, 0.3) is 11.8 Å². The molecule has 5 heteroatoms. The van der Waals surface area contributed by atoms with Gasteiger partial charge in [-0.1, -0.05) is 13.0 Å². The predicted molar refractivity (Wildman–Crippen MR) is 79.9 cm³/mol. The summed E-state index contributed by atoms with van der Waals surface area (Å²) in [6.07, 6.45) is 0.883. The van der Waals surface area contributed by atoms with Crippen LogP contribution < -0.4 is 16.0 Å². The van der Waals surface area contributed by atoms with Gasteiger partial charge in [0, 0.05) is 30.3 Å². The molecular formula is C15H23N3O2. The van der Waals surface area contributed by atoms with Gasteiger partial charge < -0.3 is 16.0 Å². The fraction of sp³-hybridized carbons (Fsp3) is 0.467. The second kappa shape index (κ2) is 8.32. The standard InChI is InChI=1S/C15H23N3O2/c1-4-8-17-14(19)12-6-5-7-13(9-12)15(20)18-10-11(2)16-3/h5-7,9,11,16H,4,8,10H2,1-3H3,(H,17,19)(H,18,20). The third-order valence-corrected chi connectivity index (χ3v) is 2.98. The zero-order chi connectivity index (χ0) is 15.0. The molecule has 0 aliphatic rings. The molecule has 1 atom stereocenters.